The zero-order valence-corrected chi connectivity index (χ0v) is 12.0. The summed E-state index contributed by atoms with van der Waals surface area (Å²) in [5.74, 6) is 0.0925. The van der Waals surface area contributed by atoms with Gasteiger partial charge in [0.15, 0.2) is 0 Å². The molecule has 0 aliphatic heterocycles. The molecule has 0 unspecified atom stereocenters. The molecule has 4 heteroatoms. The lowest BCUT2D eigenvalue weighted by atomic mass is 10.1. The molecule has 0 fully saturated rings. The predicted molar refractivity (Wildman–Crippen MR) is 79.1 cm³/mol. The Hall–Kier alpha value is -2.10. The van der Waals surface area contributed by atoms with Gasteiger partial charge in [0, 0.05) is 37.8 Å². The number of hydrogen-bond donors (Lipinski definition) is 1. The van der Waals surface area contributed by atoms with Crippen molar-refractivity contribution in [3.63, 3.8) is 0 Å². The molecule has 1 atom stereocenters. The zero-order chi connectivity index (χ0) is 14.4. The van der Waals surface area contributed by atoms with E-state index in [0.717, 1.165) is 18.4 Å². The number of nitrogens with zero attached hydrogens (tertiary/aromatic N) is 2. The third-order valence-corrected chi connectivity index (χ3v) is 3.51. The predicted octanol–water partition coefficient (Wildman–Crippen LogP) is 2.62. The summed E-state index contributed by atoms with van der Waals surface area (Å²) in [6.07, 6.45) is 7.67. The zero-order valence-electron chi connectivity index (χ0n) is 12.0. The lowest BCUT2D eigenvalue weighted by Gasteiger charge is -2.17. The summed E-state index contributed by atoms with van der Waals surface area (Å²) in [4.78, 5) is 16.1. The van der Waals surface area contributed by atoms with Gasteiger partial charge in [0.2, 0.25) is 5.91 Å². The summed E-state index contributed by atoms with van der Waals surface area (Å²) in [6, 6.07) is 8.02. The van der Waals surface area contributed by atoms with Crippen molar-refractivity contribution in [2.45, 2.75) is 32.2 Å². The van der Waals surface area contributed by atoms with Gasteiger partial charge in [-0.1, -0.05) is 6.92 Å². The van der Waals surface area contributed by atoms with Crippen molar-refractivity contribution >= 4 is 5.91 Å². The maximum absolute atomic E-state index is 12.1. The van der Waals surface area contributed by atoms with Crippen LogP contribution in [-0.2, 0) is 18.3 Å². The first-order valence-corrected chi connectivity index (χ1v) is 7.00. The monoisotopic (exact) mass is 271 g/mol. The van der Waals surface area contributed by atoms with Gasteiger partial charge in [0.1, 0.15) is 0 Å². The lowest BCUT2D eigenvalue weighted by Crippen LogP contribution is -2.28. The molecule has 20 heavy (non-hydrogen) atoms. The fourth-order valence-electron chi connectivity index (χ4n) is 2.28. The molecule has 0 aliphatic rings. The molecule has 1 N–H and O–H groups in total. The number of nitrogens with one attached hydrogen (secondary N) is 1. The Balaban J connectivity index is 1.88. The summed E-state index contributed by atoms with van der Waals surface area (Å²) < 4.78 is 2.05. The van der Waals surface area contributed by atoms with Crippen LogP contribution in [0.3, 0.4) is 0 Å². The highest BCUT2D eigenvalue weighted by atomic mass is 16.1. The van der Waals surface area contributed by atoms with E-state index in [9.17, 15) is 4.79 Å². The SMILES string of the molecule is CC[C@@H](NC(=O)CCc1cccn1C)c1ccncc1. The van der Waals surface area contributed by atoms with Gasteiger partial charge in [0.25, 0.3) is 0 Å². The number of hydrogen-bond acceptors (Lipinski definition) is 2. The molecule has 4 nitrogen and oxygen atoms in total. The third kappa shape index (κ3) is 3.70. The molecule has 1 amide bonds. The van der Waals surface area contributed by atoms with E-state index >= 15 is 0 Å². The first-order chi connectivity index (χ1) is 9.70. The minimum atomic E-state index is 0.0684. The summed E-state index contributed by atoms with van der Waals surface area (Å²) in [7, 11) is 2.00. The molecule has 0 saturated carbocycles. The van der Waals surface area contributed by atoms with Crippen molar-refractivity contribution in [3.05, 3.63) is 54.1 Å². The van der Waals surface area contributed by atoms with Gasteiger partial charge < -0.3 is 9.88 Å². The summed E-state index contributed by atoms with van der Waals surface area (Å²) in [5, 5.41) is 3.09. The first-order valence-electron chi connectivity index (χ1n) is 7.00. The first kappa shape index (κ1) is 14.3. The van der Waals surface area contributed by atoms with Crippen molar-refractivity contribution in [2.75, 3.05) is 0 Å². The molecule has 0 aliphatic carbocycles. The van der Waals surface area contributed by atoms with E-state index in [2.05, 4.69) is 17.2 Å². The minimum Gasteiger partial charge on any atom is -0.354 e. The molecule has 0 spiro atoms. The van der Waals surface area contributed by atoms with Crippen LogP contribution in [0.15, 0.2) is 42.9 Å². The van der Waals surface area contributed by atoms with Gasteiger partial charge in [-0.2, -0.15) is 0 Å². The molecular weight excluding hydrogens is 250 g/mol. The Kier molecular flexibility index (Phi) is 4.93. The quantitative estimate of drug-likeness (QED) is 0.878. The normalized spacial score (nSPS) is 12.1. The highest BCUT2D eigenvalue weighted by Gasteiger charge is 2.12. The van der Waals surface area contributed by atoms with Gasteiger partial charge in [-0.3, -0.25) is 9.78 Å². The molecule has 2 heterocycles. The van der Waals surface area contributed by atoms with Crippen molar-refractivity contribution in [1.29, 1.82) is 0 Å². The summed E-state index contributed by atoms with van der Waals surface area (Å²) in [5.41, 5.74) is 2.28. The minimum absolute atomic E-state index is 0.0684. The van der Waals surface area contributed by atoms with Crippen LogP contribution in [0.5, 0.6) is 0 Å². The maximum atomic E-state index is 12.1. The average Bonchev–Trinajstić information content (AvgIpc) is 2.89. The number of aryl methyl sites for hydroxylation is 2. The standard InChI is InChI=1S/C16H21N3O/c1-3-15(13-8-10-17-11-9-13)18-16(20)7-6-14-5-4-12-19(14)2/h4-5,8-12,15H,3,6-7H2,1-2H3,(H,18,20)/t15-/m1/s1. The van der Waals surface area contributed by atoms with E-state index in [1.807, 2.05) is 42.1 Å². The maximum Gasteiger partial charge on any atom is 0.220 e. The van der Waals surface area contributed by atoms with E-state index < -0.39 is 0 Å². The smallest absolute Gasteiger partial charge is 0.220 e. The van der Waals surface area contributed by atoms with E-state index in [1.54, 1.807) is 12.4 Å². The summed E-state index contributed by atoms with van der Waals surface area (Å²) >= 11 is 0. The van der Waals surface area contributed by atoms with Crippen LogP contribution in [0.4, 0.5) is 0 Å². The Morgan fingerprint density at radius 3 is 2.70 bits per heavy atom. The third-order valence-electron chi connectivity index (χ3n) is 3.51. The Morgan fingerprint density at radius 2 is 2.10 bits per heavy atom. The fraction of sp³-hybridized carbons (Fsp3) is 0.375. The topological polar surface area (TPSA) is 46.9 Å². The van der Waals surface area contributed by atoms with Crippen molar-refractivity contribution < 1.29 is 4.79 Å². The second kappa shape index (κ2) is 6.89. The summed E-state index contributed by atoms with van der Waals surface area (Å²) in [6.45, 7) is 2.07. The molecular formula is C16H21N3O. The van der Waals surface area contributed by atoms with Crippen LogP contribution in [0, 0.1) is 0 Å². The van der Waals surface area contributed by atoms with Gasteiger partial charge in [-0.05, 0) is 42.7 Å². The molecule has 2 aromatic rings. The lowest BCUT2D eigenvalue weighted by molar-refractivity contribution is -0.121. The van der Waals surface area contributed by atoms with Crippen LogP contribution < -0.4 is 5.32 Å². The van der Waals surface area contributed by atoms with Gasteiger partial charge in [0.05, 0.1) is 6.04 Å². The highest BCUT2D eigenvalue weighted by Crippen LogP contribution is 2.15. The second-order valence-electron chi connectivity index (χ2n) is 4.92. The Bertz CT molecular complexity index is 548. The Labute approximate surface area is 119 Å². The van der Waals surface area contributed by atoms with Crippen LogP contribution >= 0.6 is 0 Å². The van der Waals surface area contributed by atoms with E-state index in [1.165, 1.54) is 5.69 Å². The van der Waals surface area contributed by atoms with Crippen LogP contribution in [0.2, 0.25) is 0 Å². The van der Waals surface area contributed by atoms with Crippen molar-refractivity contribution in [1.82, 2.24) is 14.9 Å². The van der Waals surface area contributed by atoms with Crippen LogP contribution in [0.25, 0.3) is 0 Å². The Morgan fingerprint density at radius 1 is 1.35 bits per heavy atom. The molecule has 0 aromatic carbocycles. The number of aromatic nitrogens is 2. The molecule has 0 radical (unpaired) electrons. The largest absolute Gasteiger partial charge is 0.354 e. The molecule has 0 saturated heterocycles. The van der Waals surface area contributed by atoms with E-state index in [0.29, 0.717) is 6.42 Å². The number of amides is 1. The average molecular weight is 271 g/mol. The van der Waals surface area contributed by atoms with Gasteiger partial charge in [-0.25, -0.2) is 0 Å². The van der Waals surface area contributed by atoms with E-state index in [4.69, 9.17) is 0 Å². The van der Waals surface area contributed by atoms with Crippen molar-refractivity contribution in [2.24, 2.45) is 7.05 Å². The highest BCUT2D eigenvalue weighted by molar-refractivity contribution is 5.76. The molecule has 0 bridgehead atoms. The van der Waals surface area contributed by atoms with Crippen LogP contribution in [-0.4, -0.2) is 15.5 Å². The second-order valence-corrected chi connectivity index (χ2v) is 4.92. The molecule has 2 aromatic heterocycles. The van der Waals surface area contributed by atoms with Crippen LogP contribution in [0.1, 0.15) is 37.1 Å². The van der Waals surface area contributed by atoms with Gasteiger partial charge >= 0.3 is 0 Å². The molecule has 2 rings (SSSR count). The molecule has 106 valence electrons. The fourth-order valence-corrected chi connectivity index (χ4v) is 2.28. The number of rotatable bonds is 6. The number of carbonyl (C=O) groups is 1. The van der Waals surface area contributed by atoms with Gasteiger partial charge in [-0.15, -0.1) is 0 Å². The number of carbonyl (C=O) groups excluding carboxylic acids is 1. The van der Waals surface area contributed by atoms with E-state index in [-0.39, 0.29) is 11.9 Å². The van der Waals surface area contributed by atoms with Crippen molar-refractivity contribution in [3.8, 4) is 0 Å². The number of pyridine rings is 1.